The van der Waals surface area contributed by atoms with Crippen LogP contribution >= 0.6 is 23.2 Å². The van der Waals surface area contributed by atoms with E-state index in [1.165, 1.54) is 48.9 Å². The highest BCUT2D eigenvalue weighted by Crippen LogP contribution is 2.45. The number of rotatable bonds is 14. The van der Waals surface area contributed by atoms with Crippen LogP contribution < -0.4 is 11.1 Å². The Kier molecular flexibility index (Phi) is 20.7. The second kappa shape index (κ2) is 26.7. The van der Waals surface area contributed by atoms with Gasteiger partial charge in [0, 0.05) is 90.2 Å². The van der Waals surface area contributed by atoms with Crippen molar-refractivity contribution in [2.45, 2.75) is 192 Å². The van der Waals surface area contributed by atoms with E-state index < -0.39 is 126 Å². The highest BCUT2D eigenvalue weighted by Gasteiger charge is 2.61. The number of hydrogen-bond acceptors (Lipinski definition) is 20. The van der Waals surface area contributed by atoms with Crippen LogP contribution in [0.5, 0.6) is 0 Å². The van der Waals surface area contributed by atoms with Gasteiger partial charge in [0.25, 0.3) is 5.91 Å². The minimum atomic E-state index is -1.60. The van der Waals surface area contributed by atoms with E-state index in [0.29, 0.717) is 31.8 Å². The number of ether oxygens (including phenoxy) is 9. The van der Waals surface area contributed by atoms with E-state index in [0.717, 1.165) is 0 Å². The number of esters is 1. The Bertz CT molecular complexity index is 2880. The molecule has 25 nitrogen and oxygen atoms in total. The molecule has 85 heavy (non-hydrogen) atoms. The third-order valence-corrected chi connectivity index (χ3v) is 18.9. The number of nitrogens with two attached hydrogens (primary N) is 1. The number of methoxy groups -OCH3 is 2. The van der Waals surface area contributed by atoms with Crippen molar-refractivity contribution >= 4 is 75.5 Å². The SMILES string of the molecule is CC[C@H]1OC(=O)[C@H](C)[C@@H](O[C@H]2C[C@@](C)(OC)[C@@H](O)[C@H](C)O2)[C@H](C)[C@@H](O[C@@H]2O[C@H](C)C[C@H](N(C)C(=O)N3CCOCC3)[C@H]2O)[C@](C)(OC)C[C@@H](C)C(=O)[C@H](C)[C@@H]2N(CCCn3cnc4c(N)ncc(C(=O)Nc5c(Cl)cncc5Cl)c43)C(=O)O[C@@]21C. The Morgan fingerprint density at radius 1 is 0.906 bits per heavy atom. The average molecular weight is 1240 g/mol. The predicted molar refractivity (Wildman–Crippen MR) is 310 cm³/mol. The molecule has 18 atom stereocenters. The molecule has 0 spiro atoms. The first kappa shape index (κ1) is 65.9. The van der Waals surface area contributed by atoms with Crippen molar-refractivity contribution in [1.82, 2.24) is 34.2 Å². The number of anilines is 2. The zero-order valence-corrected chi connectivity index (χ0v) is 52.3. The van der Waals surface area contributed by atoms with Gasteiger partial charge in [-0.25, -0.2) is 19.6 Å². The number of nitrogens with zero attached hydrogens (tertiary/aromatic N) is 7. The number of morpholine rings is 1. The van der Waals surface area contributed by atoms with E-state index in [9.17, 15) is 24.6 Å². The molecule has 8 heterocycles. The molecule has 0 radical (unpaired) electrons. The van der Waals surface area contributed by atoms with Gasteiger partial charge in [-0.3, -0.25) is 19.4 Å². The minimum Gasteiger partial charge on any atom is -0.458 e. The number of likely N-dealkylation sites (N-methyl/N-ethyl adjacent to an activating group) is 1. The number of halogens is 2. The third kappa shape index (κ3) is 13.2. The number of urea groups is 1. The largest absolute Gasteiger partial charge is 0.458 e. The molecule has 0 aromatic carbocycles. The monoisotopic (exact) mass is 1230 g/mol. The molecule has 8 rings (SSSR count). The molecule has 0 aliphatic carbocycles. The minimum absolute atomic E-state index is 0.00592. The Labute approximate surface area is 506 Å². The molecule has 5 aliphatic rings. The van der Waals surface area contributed by atoms with Gasteiger partial charge < -0.3 is 83.2 Å². The highest BCUT2D eigenvalue weighted by atomic mass is 35.5. The summed E-state index contributed by atoms with van der Waals surface area (Å²) < 4.78 is 59.4. The zero-order valence-electron chi connectivity index (χ0n) is 50.8. The van der Waals surface area contributed by atoms with Crippen molar-refractivity contribution in [3.05, 3.63) is 40.5 Å². The number of ketones is 1. The van der Waals surface area contributed by atoms with Crippen molar-refractivity contribution in [1.29, 1.82) is 0 Å². The molecule has 0 bridgehead atoms. The highest BCUT2D eigenvalue weighted by molar-refractivity contribution is 6.39. The number of Topliss-reactive ketones (excluding diaryl/α,β-unsaturated/α-hetero) is 1. The topological polar surface area (TPSA) is 300 Å². The molecule has 5 fully saturated rings. The van der Waals surface area contributed by atoms with Crippen LogP contribution in [0.15, 0.2) is 24.9 Å². The Hall–Kier alpha value is -5.06. The van der Waals surface area contributed by atoms with Gasteiger partial charge in [-0.15, -0.1) is 0 Å². The Balaban J connectivity index is 1.14. The molecule has 472 valence electrons. The normalized spacial score (nSPS) is 36.1. The van der Waals surface area contributed by atoms with E-state index in [1.54, 1.807) is 71.9 Å². The van der Waals surface area contributed by atoms with Gasteiger partial charge in [0.2, 0.25) is 0 Å². The lowest BCUT2D eigenvalue weighted by molar-refractivity contribution is -0.319. The summed E-state index contributed by atoms with van der Waals surface area (Å²) in [6.07, 6.45) is -4.07. The van der Waals surface area contributed by atoms with Gasteiger partial charge in [-0.2, -0.15) is 0 Å². The number of carbonyl (C=O) groups is 5. The molecule has 5 N–H and O–H groups in total. The maximum absolute atomic E-state index is 15.5. The van der Waals surface area contributed by atoms with E-state index in [2.05, 4.69) is 20.3 Å². The number of aliphatic hydroxyl groups is 2. The number of imidazole rings is 1. The van der Waals surface area contributed by atoms with E-state index >= 15 is 9.59 Å². The summed E-state index contributed by atoms with van der Waals surface area (Å²) in [5.41, 5.74) is 2.97. The number of pyridine rings is 2. The van der Waals surface area contributed by atoms with Gasteiger partial charge in [-0.05, 0) is 67.2 Å². The zero-order chi connectivity index (χ0) is 62.2. The number of aliphatic hydroxyl groups excluding tert-OH is 2. The van der Waals surface area contributed by atoms with E-state index in [-0.39, 0.29) is 89.6 Å². The number of cyclic esters (lactones) is 1. The van der Waals surface area contributed by atoms with Crippen molar-refractivity contribution < 1.29 is 76.8 Å². The van der Waals surface area contributed by atoms with Crippen LogP contribution in [0, 0.1) is 23.7 Å². The number of aromatic nitrogens is 4. The predicted octanol–water partition coefficient (Wildman–Crippen LogP) is 6.10. The number of nitrogens with one attached hydrogen (secondary N) is 1. The molecule has 3 aromatic rings. The first-order valence-electron chi connectivity index (χ1n) is 29.2. The lowest BCUT2D eigenvalue weighted by Gasteiger charge is -2.50. The van der Waals surface area contributed by atoms with E-state index in [1.807, 2.05) is 13.8 Å². The molecule has 5 saturated heterocycles. The number of fused-ring (bicyclic) bond motifs is 2. The van der Waals surface area contributed by atoms with Crippen LogP contribution in [0.25, 0.3) is 11.0 Å². The van der Waals surface area contributed by atoms with Crippen molar-refractivity contribution in [2.75, 3.05) is 65.2 Å². The standard InChI is InChI=1S/C58H85Cl2N9O16/c1-14-39-58(10)47(69(55(76)85-58)17-15-16-68-28-64-42-43(68)35(25-63-50(42)61)51(73)65-41-36(59)26-62-27-37(41)60)31(4)44(70)29(2)23-57(9,78-13)49(84-53-45(71)38(22-30(3)80-53)66(11)54(75)67-18-20-79-21-19-67)32(5)46(33(6)52(74)82-39)83-40-24-56(8,77-12)48(72)34(7)81-40/h25-34,38-40,45-49,53,71-72H,14-24H2,1-13H3,(H2,61,63)(H,62,65,73)/t29-,30-,31+,32+,33-,34+,38+,39-,40+,45-,46+,47+,48+,49-,53+,56-,57-,58-/m1/s1. The second-order valence-corrected chi connectivity index (χ2v) is 25.0. The molecule has 5 aliphatic heterocycles. The number of nitrogen functional groups attached to an aromatic ring is 1. The molecular formula is C58H85Cl2N9O16. The number of aryl methyl sites for hydroxylation is 1. The summed E-state index contributed by atoms with van der Waals surface area (Å²) >= 11 is 12.7. The summed E-state index contributed by atoms with van der Waals surface area (Å²) in [6.45, 7) is 19.2. The fraction of sp³-hybridized carbons (Fsp3) is 0.724. The second-order valence-electron chi connectivity index (χ2n) is 24.2. The van der Waals surface area contributed by atoms with E-state index in [4.69, 9.17) is 71.6 Å². The number of carbonyl (C=O) groups excluding carboxylic acids is 5. The maximum atomic E-state index is 15.5. The van der Waals surface area contributed by atoms with Gasteiger partial charge in [0.1, 0.15) is 29.6 Å². The molecule has 0 saturated carbocycles. The lowest BCUT2D eigenvalue weighted by Crippen LogP contribution is -2.63. The van der Waals surface area contributed by atoms with Crippen molar-refractivity contribution in [3.63, 3.8) is 0 Å². The molecule has 4 amide bonds. The summed E-state index contributed by atoms with van der Waals surface area (Å²) in [7, 11) is 4.61. The van der Waals surface area contributed by atoms with Crippen LogP contribution in [-0.4, -0.2) is 213 Å². The average Bonchev–Trinajstić information content (AvgIpc) is 1.98. The Morgan fingerprint density at radius 2 is 1.58 bits per heavy atom. The van der Waals surface area contributed by atoms with Gasteiger partial charge in [0.05, 0.1) is 100.0 Å². The van der Waals surface area contributed by atoms with Crippen molar-refractivity contribution in [2.24, 2.45) is 23.7 Å². The molecular weight excluding hydrogens is 1150 g/mol. The molecule has 0 unspecified atom stereocenters. The van der Waals surface area contributed by atoms with Crippen LogP contribution in [0.1, 0.15) is 112 Å². The lowest BCUT2D eigenvalue weighted by atomic mass is 9.73. The maximum Gasteiger partial charge on any atom is 0.410 e. The quantitative estimate of drug-likeness (QED) is 0.133. The fourth-order valence-electron chi connectivity index (χ4n) is 13.4. The summed E-state index contributed by atoms with van der Waals surface area (Å²) in [6, 6.07) is -2.06. The van der Waals surface area contributed by atoms with Crippen LogP contribution in [0.4, 0.5) is 21.1 Å². The fourth-order valence-corrected chi connectivity index (χ4v) is 13.9. The van der Waals surface area contributed by atoms with Crippen LogP contribution in [-0.2, 0) is 58.8 Å². The summed E-state index contributed by atoms with van der Waals surface area (Å²) in [5.74, 6) is -5.30. The third-order valence-electron chi connectivity index (χ3n) is 18.3. The Morgan fingerprint density at radius 3 is 2.22 bits per heavy atom. The van der Waals surface area contributed by atoms with Crippen LogP contribution in [0.3, 0.4) is 0 Å². The van der Waals surface area contributed by atoms with Crippen molar-refractivity contribution in [3.8, 4) is 0 Å². The van der Waals surface area contributed by atoms with Crippen LogP contribution in [0.2, 0.25) is 10.0 Å². The van der Waals surface area contributed by atoms with Gasteiger partial charge >= 0.3 is 18.1 Å². The first-order valence-corrected chi connectivity index (χ1v) is 30.0. The summed E-state index contributed by atoms with van der Waals surface area (Å²) in [5, 5.41) is 26.6. The molecule has 27 heteroatoms. The smallest absolute Gasteiger partial charge is 0.410 e. The van der Waals surface area contributed by atoms with Gasteiger partial charge in [0.15, 0.2) is 24.0 Å². The number of hydrogen-bond donors (Lipinski definition) is 4. The first-order chi connectivity index (χ1) is 40.1. The molecule has 3 aromatic heterocycles. The summed E-state index contributed by atoms with van der Waals surface area (Å²) in [4.78, 5) is 90.5. The van der Waals surface area contributed by atoms with Gasteiger partial charge in [-0.1, -0.05) is 50.9 Å². The number of amides is 4.